The Balaban J connectivity index is 2.10. The van der Waals surface area contributed by atoms with E-state index in [1.165, 1.54) is 12.8 Å². The Morgan fingerprint density at radius 3 is 3.05 bits per heavy atom. The number of imidazole rings is 1. The standard InChI is InChI=1S/C14H19ClN4/c1-18-8-3-2-5-10(9-18)19-13-11(15)6-4-7-12(13)17-14(19)16/h4,6-7,10H,2-3,5,8-9H2,1H3,(H2,16,17)/t10-/m1/s1. The molecular formula is C14H19ClN4. The lowest BCUT2D eigenvalue weighted by Crippen LogP contribution is -2.26. The van der Waals surface area contributed by atoms with Crippen LogP contribution in [0.15, 0.2) is 18.2 Å². The van der Waals surface area contributed by atoms with E-state index in [0.29, 0.717) is 12.0 Å². The zero-order chi connectivity index (χ0) is 13.4. The summed E-state index contributed by atoms with van der Waals surface area (Å²) < 4.78 is 2.12. The third-order valence-corrected chi connectivity index (χ3v) is 4.21. The van der Waals surface area contributed by atoms with Gasteiger partial charge in [-0.1, -0.05) is 24.1 Å². The predicted molar refractivity (Wildman–Crippen MR) is 79.5 cm³/mol. The van der Waals surface area contributed by atoms with Crippen LogP contribution in [0.5, 0.6) is 0 Å². The lowest BCUT2D eigenvalue weighted by atomic mass is 10.1. The number of anilines is 1. The summed E-state index contributed by atoms with van der Waals surface area (Å²) in [6, 6.07) is 6.15. The van der Waals surface area contributed by atoms with Crippen molar-refractivity contribution < 1.29 is 0 Å². The molecule has 1 atom stereocenters. The van der Waals surface area contributed by atoms with Crippen LogP contribution in [0.3, 0.4) is 0 Å². The number of nitrogens with two attached hydrogens (primary N) is 1. The van der Waals surface area contributed by atoms with Crippen molar-refractivity contribution in [3.05, 3.63) is 23.2 Å². The highest BCUT2D eigenvalue weighted by Crippen LogP contribution is 2.32. The molecule has 0 radical (unpaired) electrons. The molecule has 0 saturated carbocycles. The van der Waals surface area contributed by atoms with Crippen LogP contribution in [0.4, 0.5) is 5.95 Å². The van der Waals surface area contributed by atoms with Gasteiger partial charge in [0.1, 0.15) is 0 Å². The van der Waals surface area contributed by atoms with E-state index < -0.39 is 0 Å². The van der Waals surface area contributed by atoms with Crippen LogP contribution < -0.4 is 5.73 Å². The minimum atomic E-state index is 0.359. The number of nitrogens with zero attached hydrogens (tertiary/aromatic N) is 3. The molecule has 2 N–H and O–H groups in total. The average Bonchev–Trinajstić information content (AvgIpc) is 2.56. The Morgan fingerprint density at radius 1 is 1.37 bits per heavy atom. The van der Waals surface area contributed by atoms with Crippen LogP contribution in [-0.4, -0.2) is 34.6 Å². The van der Waals surface area contributed by atoms with Crippen molar-refractivity contribution in [1.82, 2.24) is 14.5 Å². The molecule has 0 amide bonds. The molecule has 1 aromatic carbocycles. The Kier molecular flexibility index (Phi) is 3.37. The second-order valence-electron chi connectivity index (χ2n) is 5.36. The van der Waals surface area contributed by atoms with Gasteiger partial charge >= 0.3 is 0 Å². The highest BCUT2D eigenvalue weighted by molar-refractivity contribution is 6.35. The number of nitrogen functional groups attached to an aromatic ring is 1. The Bertz CT molecular complexity index is 592. The van der Waals surface area contributed by atoms with Crippen LogP contribution in [0.1, 0.15) is 25.3 Å². The van der Waals surface area contributed by atoms with E-state index in [4.69, 9.17) is 17.3 Å². The van der Waals surface area contributed by atoms with Crippen molar-refractivity contribution >= 4 is 28.6 Å². The van der Waals surface area contributed by atoms with Crippen LogP contribution >= 0.6 is 11.6 Å². The lowest BCUT2D eigenvalue weighted by molar-refractivity contribution is 0.302. The third kappa shape index (κ3) is 2.30. The minimum Gasteiger partial charge on any atom is -0.369 e. The molecule has 0 unspecified atom stereocenters. The molecule has 5 heteroatoms. The maximum absolute atomic E-state index is 6.34. The first-order valence-corrected chi connectivity index (χ1v) is 7.15. The van der Waals surface area contributed by atoms with Crippen molar-refractivity contribution in [2.45, 2.75) is 25.3 Å². The molecule has 0 spiro atoms. The van der Waals surface area contributed by atoms with Gasteiger partial charge in [-0.25, -0.2) is 4.98 Å². The number of halogens is 1. The van der Waals surface area contributed by atoms with E-state index in [1.807, 2.05) is 18.2 Å². The van der Waals surface area contributed by atoms with Crippen molar-refractivity contribution in [2.24, 2.45) is 0 Å². The first-order chi connectivity index (χ1) is 9.16. The molecule has 2 aromatic rings. The fourth-order valence-corrected chi connectivity index (χ4v) is 3.27. The number of benzene rings is 1. The highest BCUT2D eigenvalue weighted by atomic mass is 35.5. The number of para-hydroxylation sites is 1. The quantitative estimate of drug-likeness (QED) is 0.872. The molecule has 102 valence electrons. The van der Waals surface area contributed by atoms with Crippen LogP contribution in [0, 0.1) is 0 Å². The third-order valence-electron chi connectivity index (χ3n) is 3.90. The van der Waals surface area contributed by atoms with Gasteiger partial charge in [-0.3, -0.25) is 0 Å². The molecule has 0 aliphatic carbocycles. The topological polar surface area (TPSA) is 47.1 Å². The summed E-state index contributed by atoms with van der Waals surface area (Å²) in [6.07, 6.45) is 3.59. The fraction of sp³-hybridized carbons (Fsp3) is 0.500. The van der Waals surface area contributed by atoms with Gasteiger partial charge in [0.2, 0.25) is 5.95 Å². The zero-order valence-corrected chi connectivity index (χ0v) is 11.9. The van der Waals surface area contributed by atoms with E-state index in [2.05, 4.69) is 21.5 Å². The van der Waals surface area contributed by atoms with Crippen molar-refractivity contribution in [3.63, 3.8) is 0 Å². The molecular weight excluding hydrogens is 260 g/mol. The van der Waals surface area contributed by atoms with Gasteiger partial charge in [0, 0.05) is 12.6 Å². The second-order valence-corrected chi connectivity index (χ2v) is 5.77. The predicted octanol–water partition coefficient (Wildman–Crippen LogP) is 2.93. The summed E-state index contributed by atoms with van der Waals surface area (Å²) in [6.45, 7) is 2.15. The highest BCUT2D eigenvalue weighted by Gasteiger charge is 2.22. The van der Waals surface area contributed by atoms with Gasteiger partial charge < -0.3 is 15.2 Å². The van der Waals surface area contributed by atoms with Crippen molar-refractivity contribution in [1.29, 1.82) is 0 Å². The first-order valence-electron chi connectivity index (χ1n) is 6.77. The largest absolute Gasteiger partial charge is 0.369 e. The molecule has 3 rings (SSSR count). The number of aromatic nitrogens is 2. The van der Waals surface area contributed by atoms with Gasteiger partial charge in [0.25, 0.3) is 0 Å². The second kappa shape index (κ2) is 5.02. The molecule has 2 heterocycles. The minimum absolute atomic E-state index is 0.359. The molecule has 1 fully saturated rings. The summed E-state index contributed by atoms with van der Waals surface area (Å²) in [5.41, 5.74) is 7.98. The summed E-state index contributed by atoms with van der Waals surface area (Å²) in [5.74, 6) is 0.573. The number of rotatable bonds is 1. The summed E-state index contributed by atoms with van der Waals surface area (Å²) in [4.78, 5) is 6.80. The smallest absolute Gasteiger partial charge is 0.201 e. The van der Waals surface area contributed by atoms with Gasteiger partial charge in [0.05, 0.1) is 16.1 Å². The maximum atomic E-state index is 6.34. The molecule has 19 heavy (non-hydrogen) atoms. The Morgan fingerprint density at radius 2 is 2.21 bits per heavy atom. The number of likely N-dealkylation sites (tertiary alicyclic amines) is 1. The average molecular weight is 279 g/mol. The zero-order valence-electron chi connectivity index (χ0n) is 11.1. The molecule has 1 aliphatic rings. The van der Waals surface area contributed by atoms with E-state index in [0.717, 1.165) is 35.6 Å². The Hall–Kier alpha value is -1.26. The maximum Gasteiger partial charge on any atom is 0.201 e. The van der Waals surface area contributed by atoms with E-state index >= 15 is 0 Å². The number of likely N-dealkylation sites (N-methyl/N-ethyl adjacent to an activating group) is 1. The Labute approximate surface area is 118 Å². The van der Waals surface area contributed by atoms with Gasteiger partial charge in [-0.2, -0.15) is 0 Å². The van der Waals surface area contributed by atoms with E-state index in [1.54, 1.807) is 0 Å². The summed E-state index contributed by atoms with van der Waals surface area (Å²) in [7, 11) is 2.16. The van der Waals surface area contributed by atoms with Gasteiger partial charge in [0.15, 0.2) is 0 Å². The van der Waals surface area contributed by atoms with Gasteiger partial charge in [-0.15, -0.1) is 0 Å². The molecule has 1 saturated heterocycles. The number of fused-ring (bicyclic) bond motifs is 1. The SMILES string of the molecule is CN1CCCC[C@@H](n2c(N)nc3cccc(Cl)c32)C1. The molecule has 1 aromatic heterocycles. The number of hydrogen-bond donors (Lipinski definition) is 1. The van der Waals surface area contributed by atoms with Crippen LogP contribution in [0.25, 0.3) is 11.0 Å². The monoisotopic (exact) mass is 278 g/mol. The van der Waals surface area contributed by atoms with Crippen molar-refractivity contribution in [2.75, 3.05) is 25.9 Å². The first kappa shape index (κ1) is 12.8. The molecule has 4 nitrogen and oxygen atoms in total. The molecule has 1 aliphatic heterocycles. The summed E-state index contributed by atoms with van der Waals surface area (Å²) in [5, 5.41) is 0.730. The fourth-order valence-electron chi connectivity index (χ4n) is 3.01. The van der Waals surface area contributed by atoms with E-state index in [9.17, 15) is 0 Å². The van der Waals surface area contributed by atoms with Crippen LogP contribution in [-0.2, 0) is 0 Å². The normalized spacial score (nSPS) is 21.7. The number of hydrogen-bond acceptors (Lipinski definition) is 3. The van der Waals surface area contributed by atoms with Crippen LogP contribution in [0.2, 0.25) is 5.02 Å². The van der Waals surface area contributed by atoms with Crippen molar-refractivity contribution in [3.8, 4) is 0 Å². The molecule has 0 bridgehead atoms. The summed E-state index contributed by atoms with van der Waals surface area (Å²) >= 11 is 6.34. The lowest BCUT2D eigenvalue weighted by Gasteiger charge is -2.23. The van der Waals surface area contributed by atoms with Gasteiger partial charge in [-0.05, 0) is 38.6 Å². The van der Waals surface area contributed by atoms with E-state index in [-0.39, 0.29) is 0 Å².